The van der Waals surface area contributed by atoms with Gasteiger partial charge in [0.1, 0.15) is 10.7 Å². The topological polar surface area (TPSA) is 47.7 Å². The molecule has 2 atom stereocenters. The van der Waals surface area contributed by atoms with Crippen LogP contribution in [0.15, 0.2) is 18.2 Å². The molecule has 0 radical (unpaired) electrons. The zero-order valence-electron chi connectivity index (χ0n) is 12.4. The van der Waals surface area contributed by atoms with Crippen molar-refractivity contribution in [1.82, 2.24) is 4.90 Å². The molecule has 2 fully saturated rings. The predicted molar refractivity (Wildman–Crippen MR) is 86.7 cm³/mol. The molecule has 1 aliphatic heterocycles. The van der Waals surface area contributed by atoms with E-state index in [-0.39, 0.29) is 0 Å². The van der Waals surface area contributed by atoms with Crippen LogP contribution < -0.4 is 10.5 Å². The van der Waals surface area contributed by atoms with E-state index in [0.717, 1.165) is 31.0 Å². The van der Waals surface area contributed by atoms with Gasteiger partial charge in [-0.2, -0.15) is 0 Å². The minimum atomic E-state index is 0.384. The van der Waals surface area contributed by atoms with Gasteiger partial charge >= 0.3 is 0 Å². The summed E-state index contributed by atoms with van der Waals surface area (Å²) in [6.07, 6.45) is 4.13. The summed E-state index contributed by atoms with van der Waals surface area (Å²) in [4.78, 5) is 2.92. The van der Waals surface area contributed by atoms with Gasteiger partial charge in [-0.05, 0) is 37.0 Å². The molecule has 2 unspecified atom stereocenters. The third-order valence-electron chi connectivity index (χ3n) is 4.51. The van der Waals surface area contributed by atoms with Crippen molar-refractivity contribution >= 4 is 17.2 Å². The molecule has 2 N–H and O–H groups in total. The molecular formula is C16H22N2O2S. The third-order valence-corrected chi connectivity index (χ3v) is 4.73. The van der Waals surface area contributed by atoms with Crippen LogP contribution in [0.4, 0.5) is 0 Å². The second-order valence-corrected chi connectivity index (χ2v) is 6.22. The summed E-state index contributed by atoms with van der Waals surface area (Å²) in [5.74, 6) is 0.743. The lowest BCUT2D eigenvalue weighted by molar-refractivity contribution is -0.0588. The van der Waals surface area contributed by atoms with E-state index in [1.165, 1.54) is 24.8 Å². The Labute approximate surface area is 131 Å². The van der Waals surface area contributed by atoms with Gasteiger partial charge in [0.25, 0.3) is 0 Å². The Hall–Kier alpha value is -1.17. The number of thiocarbonyl (C=S) groups is 1. The molecule has 3 rings (SSSR count). The summed E-state index contributed by atoms with van der Waals surface area (Å²) in [5, 5.41) is 0. The summed E-state index contributed by atoms with van der Waals surface area (Å²) in [5.41, 5.74) is 7.84. The van der Waals surface area contributed by atoms with Crippen LogP contribution in [0, 0.1) is 0 Å². The van der Waals surface area contributed by atoms with Gasteiger partial charge < -0.3 is 15.2 Å². The number of benzene rings is 1. The Bertz CT molecular complexity index is 535. The number of methoxy groups -OCH3 is 1. The summed E-state index contributed by atoms with van der Waals surface area (Å²) < 4.78 is 11.2. The first-order valence-electron chi connectivity index (χ1n) is 7.51. The molecule has 2 aliphatic rings. The second kappa shape index (κ2) is 6.30. The van der Waals surface area contributed by atoms with Crippen molar-refractivity contribution in [2.75, 3.05) is 20.3 Å². The van der Waals surface area contributed by atoms with Gasteiger partial charge in [-0.1, -0.05) is 18.3 Å². The highest BCUT2D eigenvalue weighted by atomic mass is 32.1. The van der Waals surface area contributed by atoms with E-state index in [1.54, 1.807) is 7.11 Å². The predicted octanol–water partition coefficient (Wildman–Crippen LogP) is 2.08. The number of fused-ring (bicyclic) bond motifs is 1. The zero-order valence-corrected chi connectivity index (χ0v) is 13.2. The Kier molecular flexibility index (Phi) is 4.42. The Morgan fingerprint density at radius 2 is 2.33 bits per heavy atom. The molecule has 1 aromatic rings. The number of morpholine rings is 1. The normalized spacial score (nSPS) is 25.6. The van der Waals surface area contributed by atoms with Crippen LogP contribution in [-0.2, 0) is 11.3 Å². The Balaban J connectivity index is 1.78. The van der Waals surface area contributed by atoms with Crippen molar-refractivity contribution in [1.29, 1.82) is 0 Å². The Morgan fingerprint density at radius 1 is 1.48 bits per heavy atom. The smallest absolute Gasteiger partial charge is 0.129 e. The average Bonchev–Trinajstić information content (AvgIpc) is 2.96. The van der Waals surface area contributed by atoms with E-state index in [9.17, 15) is 0 Å². The summed E-state index contributed by atoms with van der Waals surface area (Å²) in [7, 11) is 1.64. The minimum Gasteiger partial charge on any atom is -0.496 e. The van der Waals surface area contributed by atoms with Gasteiger partial charge in [-0.3, -0.25) is 4.90 Å². The summed E-state index contributed by atoms with van der Waals surface area (Å²) in [6, 6.07) is 6.67. The monoisotopic (exact) mass is 306 g/mol. The van der Waals surface area contributed by atoms with E-state index >= 15 is 0 Å². The first kappa shape index (κ1) is 14.8. The highest BCUT2D eigenvalue weighted by molar-refractivity contribution is 7.80. The number of ether oxygens (including phenoxy) is 2. The fourth-order valence-electron chi connectivity index (χ4n) is 3.48. The van der Waals surface area contributed by atoms with E-state index in [0.29, 0.717) is 17.1 Å². The number of nitrogens with two attached hydrogens (primary N) is 1. The SMILES string of the molecule is COc1ccc(CN2CCOC3CCCC32)cc1C(N)=S. The van der Waals surface area contributed by atoms with Crippen molar-refractivity contribution in [2.45, 2.75) is 38.0 Å². The zero-order chi connectivity index (χ0) is 14.8. The molecule has 1 saturated heterocycles. The number of hydrogen-bond acceptors (Lipinski definition) is 4. The molecule has 0 spiro atoms. The van der Waals surface area contributed by atoms with Crippen molar-refractivity contribution < 1.29 is 9.47 Å². The van der Waals surface area contributed by atoms with Crippen LogP contribution in [0.5, 0.6) is 5.75 Å². The lowest BCUT2D eigenvalue weighted by Gasteiger charge is -2.37. The van der Waals surface area contributed by atoms with Crippen molar-refractivity contribution in [3.05, 3.63) is 29.3 Å². The van der Waals surface area contributed by atoms with Gasteiger partial charge in [0, 0.05) is 19.1 Å². The molecule has 4 nitrogen and oxygen atoms in total. The maximum Gasteiger partial charge on any atom is 0.129 e. The van der Waals surface area contributed by atoms with E-state index < -0.39 is 0 Å². The highest BCUT2D eigenvalue weighted by Crippen LogP contribution is 2.31. The first-order valence-corrected chi connectivity index (χ1v) is 7.92. The first-order chi connectivity index (χ1) is 10.2. The fraction of sp³-hybridized carbons (Fsp3) is 0.562. The third kappa shape index (κ3) is 3.05. The molecule has 0 bridgehead atoms. The lowest BCUT2D eigenvalue weighted by atomic mass is 10.1. The lowest BCUT2D eigenvalue weighted by Crippen LogP contribution is -2.47. The average molecular weight is 306 g/mol. The quantitative estimate of drug-likeness (QED) is 0.863. The molecular weight excluding hydrogens is 284 g/mol. The number of rotatable bonds is 4. The van der Waals surface area contributed by atoms with Crippen LogP contribution in [0.2, 0.25) is 0 Å². The van der Waals surface area contributed by atoms with E-state index in [4.69, 9.17) is 27.4 Å². The summed E-state index contributed by atoms with van der Waals surface area (Å²) in [6.45, 7) is 2.75. The maximum atomic E-state index is 5.87. The van der Waals surface area contributed by atoms with Gasteiger partial charge in [0.05, 0.1) is 25.4 Å². The van der Waals surface area contributed by atoms with Crippen molar-refractivity contribution in [2.24, 2.45) is 5.73 Å². The van der Waals surface area contributed by atoms with Crippen LogP contribution in [0.25, 0.3) is 0 Å². The molecule has 1 heterocycles. The standard InChI is InChI=1S/C16H22N2O2S/c1-19-14-6-5-11(9-12(14)16(17)21)10-18-7-8-20-15-4-2-3-13(15)18/h5-6,9,13,15H,2-4,7-8,10H2,1H3,(H2,17,21). The van der Waals surface area contributed by atoms with Crippen molar-refractivity contribution in [3.63, 3.8) is 0 Å². The molecule has 1 saturated carbocycles. The molecule has 0 amide bonds. The molecule has 1 aromatic carbocycles. The highest BCUT2D eigenvalue weighted by Gasteiger charge is 2.35. The second-order valence-electron chi connectivity index (χ2n) is 5.78. The van der Waals surface area contributed by atoms with Gasteiger partial charge in [-0.25, -0.2) is 0 Å². The summed E-state index contributed by atoms with van der Waals surface area (Å²) >= 11 is 5.12. The largest absolute Gasteiger partial charge is 0.496 e. The molecule has 0 aromatic heterocycles. The number of hydrogen-bond donors (Lipinski definition) is 1. The molecule has 1 aliphatic carbocycles. The van der Waals surface area contributed by atoms with Crippen LogP contribution >= 0.6 is 12.2 Å². The molecule has 114 valence electrons. The Morgan fingerprint density at radius 3 is 3.10 bits per heavy atom. The van der Waals surface area contributed by atoms with E-state index in [1.807, 2.05) is 6.07 Å². The minimum absolute atomic E-state index is 0.384. The van der Waals surface area contributed by atoms with Crippen LogP contribution in [0.3, 0.4) is 0 Å². The van der Waals surface area contributed by atoms with Gasteiger partial charge in [0.15, 0.2) is 0 Å². The maximum absolute atomic E-state index is 5.87. The van der Waals surface area contributed by atoms with E-state index in [2.05, 4.69) is 17.0 Å². The number of nitrogens with zero attached hydrogens (tertiary/aromatic N) is 1. The van der Waals surface area contributed by atoms with Crippen LogP contribution in [0.1, 0.15) is 30.4 Å². The van der Waals surface area contributed by atoms with Gasteiger partial charge in [0.2, 0.25) is 0 Å². The molecule has 21 heavy (non-hydrogen) atoms. The molecule has 5 heteroatoms. The van der Waals surface area contributed by atoms with Crippen LogP contribution in [-0.4, -0.2) is 42.3 Å². The van der Waals surface area contributed by atoms with Crippen molar-refractivity contribution in [3.8, 4) is 5.75 Å². The van der Waals surface area contributed by atoms with Gasteiger partial charge in [-0.15, -0.1) is 0 Å². The fourth-order valence-corrected chi connectivity index (χ4v) is 3.64.